The van der Waals surface area contributed by atoms with Gasteiger partial charge >= 0.3 is 0 Å². The Morgan fingerprint density at radius 1 is 1.28 bits per heavy atom. The van der Waals surface area contributed by atoms with Crippen molar-refractivity contribution in [3.05, 3.63) is 52.2 Å². The smallest absolute Gasteiger partial charge is 0.224 e. The topological polar surface area (TPSA) is 41.6 Å². The maximum absolute atomic E-state index is 13.0. The van der Waals surface area contributed by atoms with Crippen molar-refractivity contribution < 1.29 is 9.53 Å². The van der Waals surface area contributed by atoms with Crippen LogP contribution in [0, 0.1) is 0 Å². The van der Waals surface area contributed by atoms with E-state index in [0.717, 1.165) is 29.4 Å². The molecular formula is C19H24N2O2S2. The summed E-state index contributed by atoms with van der Waals surface area (Å²) in [6.45, 7) is 2.20. The van der Waals surface area contributed by atoms with Crippen molar-refractivity contribution >= 4 is 29.0 Å². The quantitative estimate of drug-likeness (QED) is 0.804. The van der Waals surface area contributed by atoms with Gasteiger partial charge in [0.15, 0.2) is 0 Å². The maximum Gasteiger partial charge on any atom is 0.224 e. The molecule has 3 rings (SSSR count). The van der Waals surface area contributed by atoms with E-state index in [-0.39, 0.29) is 11.9 Å². The molecule has 1 N–H and O–H groups in total. The van der Waals surface area contributed by atoms with E-state index in [4.69, 9.17) is 4.74 Å². The number of thioether (sulfide) groups is 1. The number of ether oxygens (including phenoxy) is 1. The lowest BCUT2D eigenvalue weighted by molar-refractivity contribution is -0.132. The average molecular weight is 377 g/mol. The zero-order valence-corrected chi connectivity index (χ0v) is 16.1. The number of carbonyl (C=O) groups is 1. The molecule has 0 radical (unpaired) electrons. The van der Waals surface area contributed by atoms with Crippen LogP contribution in [0.4, 0.5) is 0 Å². The zero-order chi connectivity index (χ0) is 17.5. The molecule has 0 bridgehead atoms. The Morgan fingerprint density at radius 2 is 2.16 bits per heavy atom. The van der Waals surface area contributed by atoms with Crippen molar-refractivity contribution in [1.29, 1.82) is 0 Å². The van der Waals surface area contributed by atoms with Crippen LogP contribution < -0.4 is 10.1 Å². The van der Waals surface area contributed by atoms with Crippen molar-refractivity contribution in [3.8, 4) is 5.75 Å². The number of hydrogen-bond acceptors (Lipinski definition) is 5. The van der Waals surface area contributed by atoms with Gasteiger partial charge in [-0.2, -0.15) is 11.8 Å². The number of amides is 1. The van der Waals surface area contributed by atoms with E-state index in [9.17, 15) is 4.79 Å². The summed E-state index contributed by atoms with van der Waals surface area (Å²) >= 11 is 3.61. The number of rotatable bonds is 7. The zero-order valence-electron chi connectivity index (χ0n) is 14.4. The van der Waals surface area contributed by atoms with E-state index in [0.29, 0.717) is 19.5 Å². The molecule has 1 amide bonds. The van der Waals surface area contributed by atoms with Gasteiger partial charge in [0.05, 0.1) is 13.7 Å². The van der Waals surface area contributed by atoms with E-state index in [1.807, 2.05) is 47.0 Å². The fraction of sp³-hybridized carbons (Fsp3) is 0.421. The first-order valence-electron chi connectivity index (χ1n) is 8.49. The summed E-state index contributed by atoms with van der Waals surface area (Å²) in [7, 11) is 1.67. The molecule has 1 aromatic heterocycles. The van der Waals surface area contributed by atoms with Gasteiger partial charge in [0, 0.05) is 47.5 Å². The van der Waals surface area contributed by atoms with Crippen LogP contribution >= 0.6 is 23.1 Å². The molecule has 0 aliphatic carbocycles. The van der Waals surface area contributed by atoms with E-state index in [1.54, 1.807) is 18.4 Å². The normalized spacial score (nSPS) is 17.2. The first-order chi connectivity index (χ1) is 12.3. The number of carbonyl (C=O) groups excluding carboxylic acids is 1. The molecule has 25 heavy (non-hydrogen) atoms. The molecule has 2 aromatic rings. The van der Waals surface area contributed by atoms with Crippen LogP contribution in [0.25, 0.3) is 0 Å². The monoisotopic (exact) mass is 376 g/mol. The summed E-state index contributed by atoms with van der Waals surface area (Å²) in [5.41, 5.74) is 1.04. The van der Waals surface area contributed by atoms with Crippen LogP contribution in [0.15, 0.2) is 41.8 Å². The first kappa shape index (κ1) is 18.3. The van der Waals surface area contributed by atoms with Gasteiger partial charge < -0.3 is 15.0 Å². The third-order valence-electron chi connectivity index (χ3n) is 4.25. The van der Waals surface area contributed by atoms with Crippen molar-refractivity contribution in [1.82, 2.24) is 10.2 Å². The summed E-state index contributed by atoms with van der Waals surface area (Å²) < 4.78 is 5.46. The summed E-state index contributed by atoms with van der Waals surface area (Å²) in [4.78, 5) is 16.1. The molecule has 1 aliphatic heterocycles. The van der Waals surface area contributed by atoms with Gasteiger partial charge in [0.1, 0.15) is 5.75 Å². The lowest BCUT2D eigenvalue weighted by atomic mass is 10.1. The molecule has 1 unspecified atom stereocenters. The molecule has 4 nitrogen and oxygen atoms in total. The molecule has 134 valence electrons. The fourth-order valence-electron chi connectivity index (χ4n) is 2.95. The van der Waals surface area contributed by atoms with Gasteiger partial charge in [0.2, 0.25) is 5.91 Å². The molecule has 0 spiro atoms. The molecule has 1 aliphatic rings. The molecule has 1 saturated heterocycles. The van der Waals surface area contributed by atoms with Crippen LogP contribution in [0.3, 0.4) is 0 Å². The van der Waals surface area contributed by atoms with Gasteiger partial charge in [0.25, 0.3) is 0 Å². The van der Waals surface area contributed by atoms with E-state index in [2.05, 4.69) is 16.8 Å². The number of thiophene rings is 1. The Hall–Kier alpha value is -1.50. The van der Waals surface area contributed by atoms with E-state index < -0.39 is 0 Å². The largest absolute Gasteiger partial charge is 0.496 e. The van der Waals surface area contributed by atoms with Crippen molar-refractivity contribution in [2.24, 2.45) is 0 Å². The number of hydrogen-bond donors (Lipinski definition) is 1. The van der Waals surface area contributed by atoms with Crippen LogP contribution in [-0.4, -0.2) is 42.0 Å². The van der Waals surface area contributed by atoms with Crippen LogP contribution in [0.5, 0.6) is 5.75 Å². The van der Waals surface area contributed by atoms with Crippen molar-refractivity contribution in [2.45, 2.75) is 25.6 Å². The highest BCUT2D eigenvalue weighted by Gasteiger charge is 2.22. The molecular weight excluding hydrogens is 352 g/mol. The Morgan fingerprint density at radius 3 is 2.88 bits per heavy atom. The summed E-state index contributed by atoms with van der Waals surface area (Å²) in [5.74, 6) is 3.16. The highest BCUT2D eigenvalue weighted by molar-refractivity contribution is 7.99. The lowest BCUT2D eigenvalue weighted by Crippen LogP contribution is -2.42. The van der Waals surface area contributed by atoms with Crippen molar-refractivity contribution in [3.63, 3.8) is 0 Å². The minimum Gasteiger partial charge on any atom is -0.496 e. The number of benzene rings is 1. The van der Waals surface area contributed by atoms with Gasteiger partial charge in [-0.05, 0) is 17.5 Å². The summed E-state index contributed by atoms with van der Waals surface area (Å²) in [6.07, 6.45) is 0.549. The maximum atomic E-state index is 13.0. The third-order valence-corrected chi connectivity index (χ3v) is 6.24. The average Bonchev–Trinajstić information content (AvgIpc) is 3.15. The molecule has 1 fully saturated rings. The van der Waals surface area contributed by atoms with Crippen molar-refractivity contribution in [2.75, 3.05) is 25.2 Å². The summed E-state index contributed by atoms with van der Waals surface area (Å²) in [5, 5.41) is 5.52. The van der Waals surface area contributed by atoms with Gasteiger partial charge in [-0.25, -0.2) is 0 Å². The fourth-order valence-corrected chi connectivity index (χ4v) is 4.62. The van der Waals surface area contributed by atoms with E-state index >= 15 is 0 Å². The lowest BCUT2D eigenvalue weighted by Gasteiger charge is -2.28. The predicted octanol–water partition coefficient (Wildman–Crippen LogP) is 3.38. The Balaban J connectivity index is 1.73. The van der Waals surface area contributed by atoms with Gasteiger partial charge in [-0.3, -0.25) is 4.79 Å². The molecule has 1 aromatic carbocycles. The highest BCUT2D eigenvalue weighted by atomic mass is 32.2. The number of para-hydroxylation sites is 1. The standard InChI is InChI=1S/C19H24N2O2S2/c1-23-18-7-3-2-5-15(18)12-21(13-17-6-4-9-25-17)19(22)11-16-14-24-10-8-20-16/h2-7,9,16,20H,8,10-14H2,1H3. The third kappa shape index (κ3) is 5.23. The molecule has 0 saturated carbocycles. The molecule has 6 heteroatoms. The molecule has 1 atom stereocenters. The SMILES string of the molecule is COc1ccccc1CN(Cc1cccs1)C(=O)CC1CSCCN1. The van der Waals surface area contributed by atoms with Gasteiger partial charge in [-0.1, -0.05) is 24.3 Å². The number of nitrogens with zero attached hydrogens (tertiary/aromatic N) is 1. The minimum absolute atomic E-state index is 0.194. The van der Waals surface area contributed by atoms with Crippen LogP contribution in [-0.2, 0) is 17.9 Å². The van der Waals surface area contributed by atoms with Crippen LogP contribution in [0.1, 0.15) is 16.9 Å². The van der Waals surface area contributed by atoms with Gasteiger partial charge in [-0.15, -0.1) is 11.3 Å². The van der Waals surface area contributed by atoms with Crippen LogP contribution in [0.2, 0.25) is 0 Å². The summed E-state index contributed by atoms with van der Waals surface area (Å²) in [6, 6.07) is 12.3. The Kier molecular flexibility index (Phi) is 6.78. The minimum atomic E-state index is 0.194. The number of methoxy groups -OCH3 is 1. The predicted molar refractivity (Wildman–Crippen MR) is 105 cm³/mol. The second-order valence-electron chi connectivity index (χ2n) is 6.07. The molecule has 2 heterocycles. The Bertz CT molecular complexity index is 670. The van der Waals surface area contributed by atoms with E-state index in [1.165, 1.54) is 4.88 Å². The first-order valence-corrected chi connectivity index (χ1v) is 10.5. The second-order valence-corrected chi connectivity index (χ2v) is 8.25. The highest BCUT2D eigenvalue weighted by Crippen LogP contribution is 2.22. The second kappa shape index (κ2) is 9.27. The number of nitrogens with one attached hydrogen (secondary N) is 1. The Labute approximate surface area is 157 Å².